The average Bonchev–Trinajstić information content (AvgIpc) is 2.95. The molecule has 0 bridgehead atoms. The Morgan fingerprint density at radius 1 is 1.43 bits per heavy atom. The third kappa shape index (κ3) is 4.46. The fraction of sp³-hybridized carbons (Fsp3) is 0.562. The topological polar surface area (TPSA) is 43.8 Å². The molecule has 0 aliphatic carbocycles. The maximum atomic E-state index is 12.3. The van der Waals surface area contributed by atoms with Crippen LogP contribution in [0.1, 0.15) is 18.4 Å². The van der Waals surface area contributed by atoms with Crippen molar-refractivity contribution in [1.29, 1.82) is 0 Å². The van der Waals surface area contributed by atoms with Crippen molar-refractivity contribution in [3.63, 3.8) is 0 Å². The first-order valence-electron chi connectivity index (χ1n) is 7.36. The summed E-state index contributed by atoms with van der Waals surface area (Å²) in [4.78, 5) is 17.4. The molecule has 1 fully saturated rings. The van der Waals surface area contributed by atoms with Gasteiger partial charge in [-0.2, -0.15) is 0 Å². The van der Waals surface area contributed by atoms with Crippen molar-refractivity contribution in [2.24, 2.45) is 0 Å². The van der Waals surface area contributed by atoms with Crippen LogP contribution in [0.5, 0.6) is 0 Å². The molecule has 0 radical (unpaired) electrons. The van der Waals surface area contributed by atoms with E-state index in [0.29, 0.717) is 13.1 Å². The Morgan fingerprint density at radius 2 is 2.14 bits per heavy atom. The van der Waals surface area contributed by atoms with Gasteiger partial charge in [0.15, 0.2) is 0 Å². The quantitative estimate of drug-likeness (QED) is 0.814. The smallest absolute Gasteiger partial charge is 0.236 e. The van der Waals surface area contributed by atoms with Crippen LogP contribution in [0.2, 0.25) is 0 Å². The Bertz CT molecular complexity index is 464. The molecule has 1 aromatic carbocycles. The van der Waals surface area contributed by atoms with Crippen LogP contribution >= 0.6 is 11.8 Å². The highest BCUT2D eigenvalue weighted by molar-refractivity contribution is 7.98. The largest absolute Gasteiger partial charge is 0.395 e. The number of likely N-dealkylation sites (N-methyl/N-ethyl adjacent to an activating group) is 1. The normalized spacial score (nSPS) is 18.9. The lowest BCUT2D eigenvalue weighted by atomic mass is 10.2. The number of hydrogen-bond donors (Lipinski definition) is 1. The second-order valence-corrected chi connectivity index (χ2v) is 6.43. The molecule has 1 atom stereocenters. The second-order valence-electron chi connectivity index (χ2n) is 5.55. The molecule has 1 heterocycles. The highest BCUT2D eigenvalue weighted by Gasteiger charge is 2.26. The summed E-state index contributed by atoms with van der Waals surface area (Å²) in [6.07, 6.45) is 4.11. The molecule has 0 saturated carbocycles. The van der Waals surface area contributed by atoms with E-state index in [0.717, 1.165) is 24.9 Å². The van der Waals surface area contributed by atoms with Gasteiger partial charge in [0, 0.05) is 24.5 Å². The third-order valence-electron chi connectivity index (χ3n) is 4.05. The number of amides is 1. The summed E-state index contributed by atoms with van der Waals surface area (Å²) in [6.45, 7) is 2.09. The monoisotopic (exact) mass is 308 g/mol. The number of hydrogen-bond acceptors (Lipinski definition) is 4. The molecule has 0 aromatic heterocycles. The van der Waals surface area contributed by atoms with Crippen LogP contribution in [0.4, 0.5) is 0 Å². The number of carbonyl (C=O) groups excluding carboxylic acids is 1. The molecule has 1 saturated heterocycles. The third-order valence-corrected chi connectivity index (χ3v) is 4.80. The van der Waals surface area contributed by atoms with Gasteiger partial charge in [-0.05, 0) is 43.3 Å². The standard InChI is InChI=1S/C16H24N2O2S/c1-17(10-13-5-7-15(21-2)8-6-13)16(20)11-18-9-3-4-14(18)12-19/h5-8,14,19H,3-4,9-12H2,1-2H3. The van der Waals surface area contributed by atoms with Gasteiger partial charge in [-0.3, -0.25) is 9.69 Å². The summed E-state index contributed by atoms with van der Waals surface area (Å²) >= 11 is 1.72. The minimum absolute atomic E-state index is 0.115. The molecule has 2 rings (SSSR count). The van der Waals surface area contributed by atoms with Gasteiger partial charge in [0.1, 0.15) is 0 Å². The first-order valence-corrected chi connectivity index (χ1v) is 8.58. The zero-order valence-electron chi connectivity index (χ0n) is 12.8. The Kier molecular flexibility index (Phi) is 6.08. The Hall–Kier alpha value is -1.04. The Labute approximate surface area is 131 Å². The predicted octanol–water partition coefficient (Wildman–Crippen LogP) is 1.82. The van der Waals surface area contributed by atoms with Gasteiger partial charge in [0.25, 0.3) is 0 Å². The average molecular weight is 308 g/mol. The second kappa shape index (κ2) is 7.82. The zero-order chi connectivity index (χ0) is 15.2. The highest BCUT2D eigenvalue weighted by Crippen LogP contribution is 2.17. The summed E-state index contributed by atoms with van der Waals surface area (Å²) < 4.78 is 0. The number of aliphatic hydroxyl groups is 1. The highest BCUT2D eigenvalue weighted by atomic mass is 32.2. The van der Waals surface area contributed by atoms with E-state index in [1.54, 1.807) is 16.7 Å². The molecule has 21 heavy (non-hydrogen) atoms. The maximum Gasteiger partial charge on any atom is 0.236 e. The number of carbonyl (C=O) groups is 1. The molecule has 1 aromatic rings. The van der Waals surface area contributed by atoms with Crippen molar-refractivity contribution in [1.82, 2.24) is 9.80 Å². The molecular formula is C16H24N2O2S. The van der Waals surface area contributed by atoms with E-state index in [2.05, 4.69) is 35.4 Å². The van der Waals surface area contributed by atoms with Crippen molar-refractivity contribution in [2.75, 3.05) is 33.0 Å². The lowest BCUT2D eigenvalue weighted by Crippen LogP contribution is -2.41. The maximum absolute atomic E-state index is 12.3. The summed E-state index contributed by atoms with van der Waals surface area (Å²) in [6, 6.07) is 8.47. The van der Waals surface area contributed by atoms with Gasteiger partial charge in [-0.25, -0.2) is 0 Å². The first kappa shape index (κ1) is 16.3. The van der Waals surface area contributed by atoms with E-state index in [1.165, 1.54) is 4.90 Å². The van der Waals surface area contributed by atoms with Gasteiger partial charge < -0.3 is 10.0 Å². The van der Waals surface area contributed by atoms with E-state index in [4.69, 9.17) is 0 Å². The number of likely N-dealkylation sites (tertiary alicyclic amines) is 1. The summed E-state index contributed by atoms with van der Waals surface area (Å²) in [5, 5.41) is 9.30. The van der Waals surface area contributed by atoms with Crippen molar-refractivity contribution < 1.29 is 9.90 Å². The molecule has 116 valence electrons. The molecule has 1 amide bonds. The van der Waals surface area contributed by atoms with Crippen molar-refractivity contribution in [3.8, 4) is 0 Å². The van der Waals surface area contributed by atoms with Gasteiger partial charge in [-0.15, -0.1) is 11.8 Å². The summed E-state index contributed by atoms with van der Waals surface area (Å²) in [5.74, 6) is 0.115. The van der Waals surface area contributed by atoms with Crippen LogP contribution in [0, 0.1) is 0 Å². The number of rotatable bonds is 6. The molecular weight excluding hydrogens is 284 g/mol. The number of nitrogens with zero attached hydrogens (tertiary/aromatic N) is 2. The van der Waals surface area contributed by atoms with Crippen LogP contribution in [-0.4, -0.2) is 59.9 Å². The van der Waals surface area contributed by atoms with Gasteiger partial charge in [0.2, 0.25) is 5.91 Å². The summed E-state index contributed by atoms with van der Waals surface area (Å²) in [7, 11) is 1.84. The minimum atomic E-state index is 0.115. The van der Waals surface area contributed by atoms with E-state index in [1.807, 2.05) is 7.05 Å². The van der Waals surface area contributed by atoms with Crippen molar-refractivity contribution in [3.05, 3.63) is 29.8 Å². The number of thioether (sulfide) groups is 1. The van der Waals surface area contributed by atoms with E-state index in [-0.39, 0.29) is 18.6 Å². The van der Waals surface area contributed by atoms with E-state index in [9.17, 15) is 9.90 Å². The van der Waals surface area contributed by atoms with Crippen LogP contribution in [0.15, 0.2) is 29.2 Å². The molecule has 1 aliphatic heterocycles. The Morgan fingerprint density at radius 3 is 2.76 bits per heavy atom. The van der Waals surface area contributed by atoms with Crippen LogP contribution in [0.3, 0.4) is 0 Å². The number of benzene rings is 1. The Balaban J connectivity index is 1.86. The zero-order valence-corrected chi connectivity index (χ0v) is 13.6. The molecule has 1 aliphatic rings. The van der Waals surface area contributed by atoms with Crippen molar-refractivity contribution >= 4 is 17.7 Å². The van der Waals surface area contributed by atoms with E-state index >= 15 is 0 Å². The first-order chi connectivity index (χ1) is 10.1. The van der Waals surface area contributed by atoms with Crippen LogP contribution in [0.25, 0.3) is 0 Å². The van der Waals surface area contributed by atoms with Crippen molar-refractivity contribution in [2.45, 2.75) is 30.3 Å². The predicted molar refractivity (Wildman–Crippen MR) is 86.4 cm³/mol. The molecule has 1 unspecified atom stereocenters. The summed E-state index contributed by atoms with van der Waals surface area (Å²) in [5.41, 5.74) is 1.14. The fourth-order valence-electron chi connectivity index (χ4n) is 2.70. The molecule has 1 N–H and O–H groups in total. The van der Waals surface area contributed by atoms with Crippen LogP contribution in [-0.2, 0) is 11.3 Å². The molecule has 5 heteroatoms. The molecule has 4 nitrogen and oxygen atoms in total. The van der Waals surface area contributed by atoms with Gasteiger partial charge in [-0.1, -0.05) is 12.1 Å². The number of aliphatic hydroxyl groups excluding tert-OH is 1. The SMILES string of the molecule is CSc1ccc(CN(C)C(=O)CN2CCCC2CO)cc1. The fourth-order valence-corrected chi connectivity index (χ4v) is 3.11. The van der Waals surface area contributed by atoms with E-state index < -0.39 is 0 Å². The minimum Gasteiger partial charge on any atom is -0.395 e. The lowest BCUT2D eigenvalue weighted by molar-refractivity contribution is -0.132. The van der Waals surface area contributed by atoms with Crippen LogP contribution < -0.4 is 0 Å². The molecule has 0 spiro atoms. The van der Waals surface area contributed by atoms with Gasteiger partial charge in [0.05, 0.1) is 13.2 Å². The lowest BCUT2D eigenvalue weighted by Gasteiger charge is -2.25. The van der Waals surface area contributed by atoms with Gasteiger partial charge >= 0.3 is 0 Å².